The highest BCUT2D eigenvalue weighted by Crippen LogP contribution is 2.15. The summed E-state index contributed by atoms with van der Waals surface area (Å²) < 4.78 is 0. The maximum absolute atomic E-state index is 11.1. The van der Waals surface area contributed by atoms with Crippen molar-refractivity contribution in [2.75, 3.05) is 20.6 Å². The summed E-state index contributed by atoms with van der Waals surface area (Å²) in [5.74, 6) is 0.101. The van der Waals surface area contributed by atoms with Crippen LogP contribution in [0, 0.1) is 0 Å². The SMILES string of the molecule is CNC(=O)CCCN(C)[C@@H](C)c1ccccn1. The summed E-state index contributed by atoms with van der Waals surface area (Å²) in [6.45, 7) is 3.02. The van der Waals surface area contributed by atoms with E-state index in [2.05, 4.69) is 29.2 Å². The average Bonchev–Trinajstić information content (AvgIpc) is 2.38. The number of carbonyl (C=O) groups is 1. The summed E-state index contributed by atoms with van der Waals surface area (Å²) in [4.78, 5) is 17.6. The number of nitrogens with one attached hydrogen (secondary N) is 1. The van der Waals surface area contributed by atoms with Crippen molar-refractivity contribution in [3.05, 3.63) is 30.1 Å². The van der Waals surface area contributed by atoms with Gasteiger partial charge in [-0.2, -0.15) is 0 Å². The number of amides is 1. The second kappa shape index (κ2) is 7.01. The quantitative estimate of drug-likeness (QED) is 0.814. The molecule has 1 N–H and O–H groups in total. The summed E-state index contributed by atoms with van der Waals surface area (Å²) in [7, 11) is 3.73. The lowest BCUT2D eigenvalue weighted by Gasteiger charge is -2.23. The highest BCUT2D eigenvalue weighted by molar-refractivity contribution is 5.75. The van der Waals surface area contributed by atoms with Gasteiger partial charge in [0.2, 0.25) is 5.91 Å². The Morgan fingerprint density at radius 1 is 1.53 bits per heavy atom. The average molecular weight is 235 g/mol. The van der Waals surface area contributed by atoms with Crippen molar-refractivity contribution in [2.24, 2.45) is 0 Å². The first-order chi connectivity index (χ1) is 8.15. The van der Waals surface area contributed by atoms with Crippen molar-refractivity contribution in [2.45, 2.75) is 25.8 Å². The molecule has 94 valence electrons. The zero-order valence-electron chi connectivity index (χ0n) is 10.8. The second-order valence-corrected chi connectivity index (χ2v) is 4.19. The summed E-state index contributed by atoms with van der Waals surface area (Å²) in [5, 5.41) is 2.63. The smallest absolute Gasteiger partial charge is 0.219 e. The van der Waals surface area contributed by atoms with Crippen LogP contribution in [0.1, 0.15) is 31.5 Å². The Kier molecular flexibility index (Phi) is 5.63. The molecule has 0 saturated heterocycles. The lowest BCUT2D eigenvalue weighted by Crippen LogP contribution is -2.26. The predicted octanol–water partition coefficient (Wildman–Crippen LogP) is 1.60. The zero-order chi connectivity index (χ0) is 12.7. The van der Waals surface area contributed by atoms with Crippen molar-refractivity contribution >= 4 is 5.91 Å². The fourth-order valence-electron chi connectivity index (χ4n) is 1.66. The minimum Gasteiger partial charge on any atom is -0.359 e. The van der Waals surface area contributed by atoms with Crippen LogP contribution in [-0.2, 0) is 4.79 Å². The predicted molar refractivity (Wildman–Crippen MR) is 68.6 cm³/mol. The Morgan fingerprint density at radius 3 is 2.88 bits per heavy atom. The minimum atomic E-state index is 0.101. The Balaban J connectivity index is 2.37. The molecular formula is C13H21N3O. The van der Waals surface area contributed by atoms with Gasteiger partial charge in [-0.1, -0.05) is 6.07 Å². The van der Waals surface area contributed by atoms with Gasteiger partial charge in [0, 0.05) is 25.7 Å². The van der Waals surface area contributed by atoms with E-state index in [0.717, 1.165) is 18.7 Å². The van der Waals surface area contributed by atoms with E-state index in [1.807, 2.05) is 24.4 Å². The van der Waals surface area contributed by atoms with E-state index in [1.54, 1.807) is 7.05 Å². The third-order valence-electron chi connectivity index (χ3n) is 2.97. The van der Waals surface area contributed by atoms with Crippen LogP contribution in [0.3, 0.4) is 0 Å². The zero-order valence-corrected chi connectivity index (χ0v) is 10.8. The van der Waals surface area contributed by atoms with Crippen LogP contribution >= 0.6 is 0 Å². The summed E-state index contributed by atoms with van der Waals surface area (Å²) in [6, 6.07) is 6.22. The van der Waals surface area contributed by atoms with E-state index in [0.29, 0.717) is 6.42 Å². The number of carbonyl (C=O) groups excluding carboxylic acids is 1. The number of rotatable bonds is 6. The summed E-state index contributed by atoms with van der Waals surface area (Å²) >= 11 is 0. The molecule has 0 aliphatic carbocycles. The lowest BCUT2D eigenvalue weighted by molar-refractivity contribution is -0.120. The molecule has 1 aromatic heterocycles. The molecule has 1 amide bonds. The summed E-state index contributed by atoms with van der Waals surface area (Å²) in [6.07, 6.45) is 3.26. The van der Waals surface area contributed by atoms with Gasteiger partial charge in [0.25, 0.3) is 0 Å². The fourth-order valence-corrected chi connectivity index (χ4v) is 1.66. The van der Waals surface area contributed by atoms with Crippen LogP contribution < -0.4 is 5.32 Å². The molecule has 4 heteroatoms. The van der Waals surface area contributed by atoms with Crippen molar-refractivity contribution in [3.8, 4) is 0 Å². The van der Waals surface area contributed by atoms with Crippen LogP contribution in [0.2, 0.25) is 0 Å². The van der Waals surface area contributed by atoms with E-state index in [4.69, 9.17) is 0 Å². The van der Waals surface area contributed by atoms with Crippen molar-refractivity contribution < 1.29 is 4.79 Å². The van der Waals surface area contributed by atoms with E-state index < -0.39 is 0 Å². The monoisotopic (exact) mass is 235 g/mol. The van der Waals surface area contributed by atoms with Crippen molar-refractivity contribution in [3.63, 3.8) is 0 Å². The van der Waals surface area contributed by atoms with Gasteiger partial charge in [-0.15, -0.1) is 0 Å². The van der Waals surface area contributed by atoms with Gasteiger partial charge in [-0.25, -0.2) is 0 Å². The molecule has 0 bridgehead atoms. The molecule has 0 fully saturated rings. The van der Waals surface area contributed by atoms with Gasteiger partial charge in [0.05, 0.1) is 5.69 Å². The second-order valence-electron chi connectivity index (χ2n) is 4.19. The largest absolute Gasteiger partial charge is 0.359 e. The lowest BCUT2D eigenvalue weighted by atomic mass is 10.1. The molecule has 4 nitrogen and oxygen atoms in total. The molecule has 1 atom stereocenters. The van der Waals surface area contributed by atoms with Gasteiger partial charge < -0.3 is 5.32 Å². The van der Waals surface area contributed by atoms with Gasteiger partial charge in [0.1, 0.15) is 0 Å². The molecule has 0 radical (unpaired) electrons. The van der Waals surface area contributed by atoms with Gasteiger partial charge in [-0.05, 0) is 39.1 Å². The van der Waals surface area contributed by atoms with E-state index >= 15 is 0 Å². The third kappa shape index (κ3) is 4.53. The molecule has 1 heterocycles. The van der Waals surface area contributed by atoms with Gasteiger partial charge in [0.15, 0.2) is 0 Å². The van der Waals surface area contributed by atoms with Crippen LogP contribution in [0.25, 0.3) is 0 Å². The molecule has 17 heavy (non-hydrogen) atoms. The number of hydrogen-bond acceptors (Lipinski definition) is 3. The van der Waals surface area contributed by atoms with E-state index in [9.17, 15) is 4.79 Å². The topological polar surface area (TPSA) is 45.2 Å². The van der Waals surface area contributed by atoms with Crippen molar-refractivity contribution in [1.29, 1.82) is 0 Å². The van der Waals surface area contributed by atoms with Crippen LogP contribution in [-0.4, -0.2) is 36.4 Å². The first-order valence-corrected chi connectivity index (χ1v) is 5.97. The molecule has 0 spiro atoms. The maximum Gasteiger partial charge on any atom is 0.219 e. The third-order valence-corrected chi connectivity index (χ3v) is 2.97. The van der Waals surface area contributed by atoms with E-state index in [1.165, 1.54) is 0 Å². The Labute approximate surface area is 103 Å². The normalized spacial score (nSPS) is 12.5. The van der Waals surface area contributed by atoms with Gasteiger partial charge in [-0.3, -0.25) is 14.7 Å². The minimum absolute atomic E-state index is 0.101. The summed E-state index contributed by atoms with van der Waals surface area (Å²) in [5.41, 5.74) is 1.06. The first-order valence-electron chi connectivity index (χ1n) is 5.97. The number of hydrogen-bond donors (Lipinski definition) is 1. The first kappa shape index (κ1) is 13.6. The molecule has 1 rings (SSSR count). The van der Waals surface area contributed by atoms with Crippen LogP contribution in [0.15, 0.2) is 24.4 Å². The van der Waals surface area contributed by atoms with Gasteiger partial charge >= 0.3 is 0 Å². The fraction of sp³-hybridized carbons (Fsp3) is 0.538. The van der Waals surface area contributed by atoms with Crippen molar-refractivity contribution in [1.82, 2.24) is 15.2 Å². The van der Waals surface area contributed by atoms with Crippen LogP contribution in [0.5, 0.6) is 0 Å². The standard InChI is InChI=1S/C13H21N3O/c1-11(12-7-4-5-9-15-12)16(3)10-6-8-13(17)14-2/h4-5,7,9,11H,6,8,10H2,1-3H3,(H,14,17)/t11-/m0/s1. The Hall–Kier alpha value is -1.42. The number of pyridine rings is 1. The number of aromatic nitrogens is 1. The molecule has 0 aliphatic heterocycles. The molecule has 0 unspecified atom stereocenters. The molecule has 0 aromatic carbocycles. The van der Waals surface area contributed by atoms with Crippen LogP contribution in [0.4, 0.5) is 0 Å². The molecular weight excluding hydrogens is 214 g/mol. The Bertz CT molecular complexity index is 340. The number of nitrogens with zero attached hydrogens (tertiary/aromatic N) is 2. The molecule has 1 aromatic rings. The van der Waals surface area contributed by atoms with E-state index in [-0.39, 0.29) is 11.9 Å². The Morgan fingerprint density at radius 2 is 2.29 bits per heavy atom. The molecule has 0 saturated carbocycles. The highest BCUT2D eigenvalue weighted by Gasteiger charge is 2.12. The maximum atomic E-state index is 11.1. The molecule has 0 aliphatic rings. The highest BCUT2D eigenvalue weighted by atomic mass is 16.1.